The van der Waals surface area contributed by atoms with E-state index in [-0.39, 0.29) is 12.5 Å². The number of aromatic carboxylic acids is 1. The molecule has 0 spiro atoms. The summed E-state index contributed by atoms with van der Waals surface area (Å²) in [5.41, 5.74) is 0. The first-order chi connectivity index (χ1) is 10.8. The Kier molecular flexibility index (Phi) is 4.90. The first-order valence-corrected chi connectivity index (χ1v) is 8.44. The monoisotopic (exact) mass is 342 g/mol. The van der Waals surface area contributed by atoms with Gasteiger partial charge in [0.25, 0.3) is 10.0 Å². The van der Waals surface area contributed by atoms with Crippen LogP contribution in [0.25, 0.3) is 0 Å². The van der Waals surface area contributed by atoms with Crippen molar-refractivity contribution in [3.8, 4) is 0 Å². The molecule has 8 nitrogen and oxygen atoms in total. The predicted octanol–water partition coefficient (Wildman–Crippen LogP) is 0.775. The molecule has 1 saturated heterocycles. The van der Waals surface area contributed by atoms with Gasteiger partial charge in [-0.05, 0) is 25.0 Å². The number of rotatable bonds is 6. The van der Waals surface area contributed by atoms with E-state index < -0.39 is 32.9 Å². The first kappa shape index (κ1) is 17.2. The Bertz CT molecular complexity index is 723. The quantitative estimate of drug-likeness (QED) is 0.765. The molecular weight excluding hydrogens is 324 g/mol. The van der Waals surface area contributed by atoms with Crippen LogP contribution in [0.2, 0.25) is 0 Å². The zero-order valence-electron chi connectivity index (χ0n) is 12.6. The van der Waals surface area contributed by atoms with Crippen LogP contribution in [0.5, 0.6) is 0 Å². The summed E-state index contributed by atoms with van der Waals surface area (Å²) in [6, 6.07) is 1.35. The highest BCUT2D eigenvalue weighted by atomic mass is 32.2. The maximum atomic E-state index is 12.6. The van der Waals surface area contributed by atoms with Gasteiger partial charge in [-0.3, -0.25) is 4.79 Å². The molecule has 9 heteroatoms. The van der Waals surface area contributed by atoms with Gasteiger partial charge in [-0.15, -0.1) is 6.58 Å². The minimum absolute atomic E-state index is 0.184. The van der Waals surface area contributed by atoms with Crippen LogP contribution < -0.4 is 0 Å². The molecular formula is C14H18N2O6S. The third kappa shape index (κ3) is 3.30. The second-order valence-corrected chi connectivity index (χ2v) is 7.03. The topological polar surface area (TPSA) is 108 Å². The molecule has 0 aromatic carbocycles. The molecule has 1 N–H and O–H groups in total. The lowest BCUT2D eigenvalue weighted by molar-refractivity contribution is -0.132. The maximum absolute atomic E-state index is 12.6. The molecule has 1 fully saturated rings. The van der Waals surface area contributed by atoms with E-state index in [0.29, 0.717) is 19.4 Å². The van der Waals surface area contributed by atoms with Crippen molar-refractivity contribution in [2.75, 3.05) is 20.1 Å². The Morgan fingerprint density at radius 3 is 2.78 bits per heavy atom. The van der Waals surface area contributed by atoms with Gasteiger partial charge in [-0.2, -0.15) is 4.31 Å². The van der Waals surface area contributed by atoms with Crippen molar-refractivity contribution >= 4 is 21.9 Å². The average molecular weight is 342 g/mol. The largest absolute Gasteiger partial charge is 0.475 e. The fourth-order valence-electron chi connectivity index (χ4n) is 2.50. The van der Waals surface area contributed by atoms with Crippen molar-refractivity contribution in [1.29, 1.82) is 0 Å². The lowest BCUT2D eigenvalue weighted by Gasteiger charge is -2.26. The number of hydrogen-bond acceptors (Lipinski definition) is 5. The van der Waals surface area contributed by atoms with Gasteiger partial charge in [-0.1, -0.05) is 6.08 Å². The lowest BCUT2D eigenvalue weighted by atomic mass is 10.2. The molecule has 1 amide bonds. The van der Waals surface area contributed by atoms with Crippen molar-refractivity contribution in [1.82, 2.24) is 9.21 Å². The molecule has 126 valence electrons. The highest BCUT2D eigenvalue weighted by Crippen LogP contribution is 2.28. The molecule has 0 aliphatic carbocycles. The van der Waals surface area contributed by atoms with E-state index in [1.54, 1.807) is 13.1 Å². The Morgan fingerprint density at radius 1 is 1.52 bits per heavy atom. The Hall–Kier alpha value is -2.13. The van der Waals surface area contributed by atoms with Crippen molar-refractivity contribution in [3.05, 3.63) is 30.5 Å². The average Bonchev–Trinajstić information content (AvgIpc) is 3.16. The minimum Gasteiger partial charge on any atom is -0.475 e. The summed E-state index contributed by atoms with van der Waals surface area (Å²) >= 11 is 0. The first-order valence-electron chi connectivity index (χ1n) is 7.00. The molecule has 1 aliphatic heterocycles. The van der Waals surface area contributed by atoms with Gasteiger partial charge in [-0.25, -0.2) is 13.2 Å². The number of carbonyl (C=O) groups excluding carboxylic acids is 1. The van der Waals surface area contributed by atoms with Crippen LogP contribution in [0.4, 0.5) is 0 Å². The molecule has 2 heterocycles. The fraction of sp³-hybridized carbons (Fsp3) is 0.429. The predicted molar refractivity (Wildman–Crippen MR) is 80.4 cm³/mol. The second kappa shape index (κ2) is 6.55. The van der Waals surface area contributed by atoms with E-state index >= 15 is 0 Å². The summed E-state index contributed by atoms with van der Waals surface area (Å²) < 4.78 is 31.2. The SMILES string of the molecule is C=CCN(C)C(=O)C1CCCN1S(=O)(=O)c1ccc(C(=O)O)o1. The third-order valence-electron chi connectivity index (χ3n) is 3.62. The van der Waals surface area contributed by atoms with Crippen molar-refractivity contribution in [3.63, 3.8) is 0 Å². The Labute approximate surface area is 134 Å². The minimum atomic E-state index is -4.06. The molecule has 0 radical (unpaired) electrons. The molecule has 1 unspecified atom stereocenters. The molecule has 1 aliphatic rings. The Morgan fingerprint density at radius 2 is 2.22 bits per heavy atom. The summed E-state index contributed by atoms with van der Waals surface area (Å²) in [4.78, 5) is 24.6. The third-order valence-corrected chi connectivity index (χ3v) is 5.41. The summed E-state index contributed by atoms with van der Waals surface area (Å²) in [7, 11) is -2.49. The summed E-state index contributed by atoms with van der Waals surface area (Å²) in [5, 5.41) is 8.36. The van der Waals surface area contributed by atoms with E-state index in [1.165, 1.54) is 4.90 Å². The number of carbonyl (C=O) groups is 2. The van der Waals surface area contributed by atoms with Crippen molar-refractivity contribution in [2.45, 2.75) is 24.0 Å². The van der Waals surface area contributed by atoms with Crippen LogP contribution in [0.1, 0.15) is 23.4 Å². The summed E-state index contributed by atoms with van der Waals surface area (Å²) in [5.74, 6) is -2.14. The number of amides is 1. The van der Waals surface area contributed by atoms with Crippen molar-refractivity contribution in [2.24, 2.45) is 0 Å². The number of hydrogen-bond donors (Lipinski definition) is 1. The number of sulfonamides is 1. The van der Waals surface area contributed by atoms with E-state index in [0.717, 1.165) is 16.4 Å². The molecule has 0 bridgehead atoms. The summed E-state index contributed by atoms with van der Waals surface area (Å²) in [6.07, 6.45) is 2.51. The number of likely N-dealkylation sites (N-methyl/N-ethyl adjacent to an activating group) is 1. The van der Waals surface area contributed by atoms with E-state index in [9.17, 15) is 18.0 Å². The van der Waals surface area contributed by atoms with Gasteiger partial charge < -0.3 is 14.4 Å². The van der Waals surface area contributed by atoms with E-state index in [4.69, 9.17) is 9.52 Å². The summed E-state index contributed by atoms with van der Waals surface area (Å²) in [6.45, 7) is 4.04. The Balaban J connectivity index is 2.28. The number of carboxylic acids is 1. The molecule has 2 rings (SSSR count). The highest BCUT2D eigenvalue weighted by Gasteiger charge is 2.41. The maximum Gasteiger partial charge on any atom is 0.371 e. The number of carboxylic acid groups (broad SMARTS) is 1. The normalized spacial score (nSPS) is 18.7. The van der Waals surface area contributed by atoms with Crippen LogP contribution in [0.15, 0.2) is 34.3 Å². The molecule has 1 aromatic rings. The van der Waals surface area contributed by atoms with Crippen LogP contribution in [-0.4, -0.2) is 60.8 Å². The van der Waals surface area contributed by atoms with E-state index in [2.05, 4.69) is 6.58 Å². The lowest BCUT2D eigenvalue weighted by Crippen LogP contribution is -2.46. The molecule has 1 aromatic heterocycles. The van der Waals surface area contributed by atoms with Crippen LogP contribution in [0, 0.1) is 0 Å². The highest BCUT2D eigenvalue weighted by molar-refractivity contribution is 7.89. The molecule has 1 atom stereocenters. The van der Waals surface area contributed by atoms with Gasteiger partial charge in [0.05, 0.1) is 0 Å². The van der Waals surface area contributed by atoms with Crippen LogP contribution in [-0.2, 0) is 14.8 Å². The standard InChI is InChI=1S/C14H18N2O6S/c1-3-8-15(2)13(17)10-5-4-9-16(10)23(20,21)12-7-6-11(22-12)14(18)19/h3,6-7,10H,1,4-5,8-9H2,2H3,(H,18,19). The fourth-order valence-corrected chi connectivity index (χ4v) is 4.07. The number of furan rings is 1. The zero-order chi connectivity index (χ0) is 17.2. The van der Waals surface area contributed by atoms with Gasteiger partial charge in [0.2, 0.25) is 16.8 Å². The van der Waals surface area contributed by atoms with Crippen LogP contribution in [0.3, 0.4) is 0 Å². The van der Waals surface area contributed by atoms with Crippen molar-refractivity contribution < 1.29 is 27.5 Å². The van der Waals surface area contributed by atoms with Gasteiger partial charge in [0, 0.05) is 20.1 Å². The molecule has 23 heavy (non-hydrogen) atoms. The smallest absolute Gasteiger partial charge is 0.371 e. The van der Waals surface area contributed by atoms with Gasteiger partial charge >= 0.3 is 5.97 Å². The van der Waals surface area contributed by atoms with Gasteiger partial charge in [0.1, 0.15) is 6.04 Å². The van der Waals surface area contributed by atoms with E-state index in [1.807, 2.05) is 0 Å². The second-order valence-electron chi connectivity index (χ2n) is 5.21. The number of nitrogens with zero attached hydrogens (tertiary/aromatic N) is 2. The van der Waals surface area contributed by atoms with Crippen LogP contribution >= 0.6 is 0 Å². The zero-order valence-corrected chi connectivity index (χ0v) is 13.5. The van der Waals surface area contributed by atoms with Gasteiger partial charge in [0.15, 0.2) is 0 Å². The molecule has 0 saturated carbocycles.